The third-order valence-corrected chi connectivity index (χ3v) is 10.9. The minimum atomic E-state index is -0.808. The molecule has 328 valence electrons. The lowest BCUT2D eigenvalue weighted by Gasteiger charge is -2.23. The largest absolute Gasteiger partial charge is 0.458 e. The van der Waals surface area contributed by atoms with E-state index in [4.69, 9.17) is 4.74 Å². The maximum absolute atomic E-state index is 13.1. The molecule has 6 nitrogen and oxygen atoms in total. The fourth-order valence-corrected chi connectivity index (χ4v) is 7.21. The van der Waals surface area contributed by atoms with Gasteiger partial charge in [0, 0.05) is 6.42 Å². The second kappa shape index (κ2) is 44.2. The van der Waals surface area contributed by atoms with Gasteiger partial charge in [0.05, 0.1) is 25.2 Å². The molecule has 0 rings (SSSR count). The topological polar surface area (TPSA) is 95.9 Å². The summed E-state index contributed by atoms with van der Waals surface area (Å²) >= 11 is 0. The van der Waals surface area contributed by atoms with Crippen LogP contribution in [0.1, 0.15) is 245 Å². The molecular weight excluding hydrogens is 695 g/mol. The molecule has 0 aromatic rings. The Morgan fingerprint density at radius 3 is 1.43 bits per heavy atom. The van der Waals surface area contributed by atoms with E-state index in [1.165, 1.54) is 154 Å². The van der Waals surface area contributed by atoms with Gasteiger partial charge in [-0.1, -0.05) is 205 Å². The Morgan fingerprint density at radius 1 is 0.536 bits per heavy atom. The van der Waals surface area contributed by atoms with E-state index in [2.05, 4.69) is 50.4 Å². The number of ether oxygens (including phenoxy) is 1. The van der Waals surface area contributed by atoms with Crippen LogP contribution in [0.4, 0.5) is 0 Å². The molecule has 0 heterocycles. The molecule has 1 amide bonds. The van der Waals surface area contributed by atoms with Gasteiger partial charge in [-0.05, 0) is 63.9 Å². The van der Waals surface area contributed by atoms with E-state index in [1.807, 2.05) is 12.2 Å². The van der Waals surface area contributed by atoms with E-state index < -0.39 is 18.2 Å². The SMILES string of the molecule is CCCCCC/C=C\CCCCCCCCCC(=O)OC(/C=C/C/C=C\CCCCCCCC)CC(=O)NC(CO)C(O)CCCCCCCCCCCCC. The van der Waals surface area contributed by atoms with Crippen molar-refractivity contribution in [2.24, 2.45) is 0 Å². The van der Waals surface area contributed by atoms with Crippen LogP contribution in [-0.2, 0) is 14.3 Å². The third-order valence-electron chi connectivity index (χ3n) is 10.9. The highest BCUT2D eigenvalue weighted by atomic mass is 16.5. The Hall–Kier alpha value is -1.92. The van der Waals surface area contributed by atoms with Crippen molar-refractivity contribution < 1.29 is 24.5 Å². The van der Waals surface area contributed by atoms with Crippen molar-refractivity contribution in [1.29, 1.82) is 0 Å². The summed E-state index contributed by atoms with van der Waals surface area (Å²) < 4.78 is 5.81. The van der Waals surface area contributed by atoms with Gasteiger partial charge in [0.2, 0.25) is 5.91 Å². The van der Waals surface area contributed by atoms with Crippen LogP contribution in [0.25, 0.3) is 0 Å². The standard InChI is InChI=1S/C50H93NO5/c1-4-7-10-13-16-19-22-23-24-25-28-31-34-37-40-43-50(55)56-46(41-38-35-32-29-26-20-17-14-11-8-5-2)44-49(54)51-47(45-52)48(53)42-39-36-33-30-27-21-18-15-12-9-6-3/h19,22,29,32,38,41,46-48,52-53H,4-18,20-21,23-28,30-31,33-37,39-40,42-45H2,1-3H3,(H,51,54)/b22-19-,32-29-,41-38+. The van der Waals surface area contributed by atoms with Crippen molar-refractivity contribution in [3.63, 3.8) is 0 Å². The molecule has 0 saturated carbocycles. The highest BCUT2D eigenvalue weighted by Gasteiger charge is 2.23. The van der Waals surface area contributed by atoms with Gasteiger partial charge in [0.15, 0.2) is 0 Å². The molecule has 0 aromatic carbocycles. The van der Waals surface area contributed by atoms with Gasteiger partial charge in [-0.3, -0.25) is 9.59 Å². The summed E-state index contributed by atoms with van der Waals surface area (Å²) in [5, 5.41) is 23.6. The van der Waals surface area contributed by atoms with Crippen LogP contribution in [-0.4, -0.2) is 46.9 Å². The summed E-state index contributed by atoms with van der Waals surface area (Å²) in [4.78, 5) is 26.0. The third kappa shape index (κ3) is 38.9. The zero-order valence-corrected chi connectivity index (χ0v) is 37.3. The Kier molecular flexibility index (Phi) is 42.7. The number of allylic oxidation sites excluding steroid dienone is 5. The first-order valence-corrected chi connectivity index (χ1v) is 24.2. The molecule has 0 aliphatic rings. The molecule has 3 N–H and O–H groups in total. The average Bonchev–Trinajstić information content (AvgIpc) is 3.19. The zero-order valence-electron chi connectivity index (χ0n) is 37.3. The number of esters is 1. The molecule has 0 aromatic heterocycles. The van der Waals surface area contributed by atoms with E-state index in [0.717, 1.165) is 51.4 Å². The van der Waals surface area contributed by atoms with Crippen molar-refractivity contribution in [3.05, 3.63) is 36.5 Å². The van der Waals surface area contributed by atoms with Crippen molar-refractivity contribution in [1.82, 2.24) is 5.32 Å². The highest BCUT2D eigenvalue weighted by molar-refractivity contribution is 5.78. The summed E-state index contributed by atoms with van der Waals surface area (Å²) in [6, 6.07) is -0.729. The minimum absolute atomic E-state index is 0.0283. The zero-order chi connectivity index (χ0) is 41.0. The molecule has 0 radical (unpaired) electrons. The molecule has 56 heavy (non-hydrogen) atoms. The Morgan fingerprint density at radius 2 is 0.946 bits per heavy atom. The lowest BCUT2D eigenvalue weighted by atomic mass is 10.0. The number of aliphatic hydroxyl groups is 2. The molecule has 0 spiro atoms. The van der Waals surface area contributed by atoms with Crippen molar-refractivity contribution in [2.45, 2.75) is 264 Å². The van der Waals surface area contributed by atoms with Gasteiger partial charge in [-0.15, -0.1) is 0 Å². The molecule has 6 heteroatoms. The smallest absolute Gasteiger partial charge is 0.306 e. The van der Waals surface area contributed by atoms with Gasteiger partial charge in [0.1, 0.15) is 6.10 Å². The summed E-state index contributed by atoms with van der Waals surface area (Å²) in [6.45, 7) is 6.42. The molecule has 0 aliphatic carbocycles. The predicted octanol–water partition coefficient (Wildman–Crippen LogP) is 14.1. The number of amides is 1. The molecule has 0 aliphatic heterocycles. The monoisotopic (exact) mass is 788 g/mol. The van der Waals surface area contributed by atoms with Gasteiger partial charge in [-0.25, -0.2) is 0 Å². The van der Waals surface area contributed by atoms with E-state index in [-0.39, 0.29) is 24.9 Å². The average molecular weight is 788 g/mol. The predicted molar refractivity (Wildman–Crippen MR) is 241 cm³/mol. The number of hydrogen-bond donors (Lipinski definition) is 3. The number of nitrogens with one attached hydrogen (secondary N) is 1. The number of aliphatic hydroxyl groups excluding tert-OH is 2. The summed E-state index contributed by atoms with van der Waals surface area (Å²) in [5.74, 6) is -0.603. The first-order valence-electron chi connectivity index (χ1n) is 24.2. The van der Waals surface area contributed by atoms with Crippen LogP contribution in [0.3, 0.4) is 0 Å². The van der Waals surface area contributed by atoms with Crippen LogP contribution in [0.5, 0.6) is 0 Å². The normalized spacial score (nSPS) is 13.6. The highest BCUT2D eigenvalue weighted by Crippen LogP contribution is 2.16. The second-order valence-corrected chi connectivity index (χ2v) is 16.5. The van der Waals surface area contributed by atoms with Crippen molar-refractivity contribution in [3.8, 4) is 0 Å². The molecule has 0 bridgehead atoms. The second-order valence-electron chi connectivity index (χ2n) is 16.5. The fraction of sp³-hybridized carbons (Fsp3) is 0.840. The lowest BCUT2D eigenvalue weighted by molar-refractivity contribution is -0.148. The number of unbranched alkanes of at least 4 members (excludes halogenated alkanes) is 27. The molecule has 3 atom stereocenters. The quantitative estimate of drug-likeness (QED) is 0.0325. The maximum atomic E-state index is 13.1. The fourth-order valence-electron chi connectivity index (χ4n) is 7.21. The maximum Gasteiger partial charge on any atom is 0.306 e. The Bertz CT molecular complexity index is 930. The molecular formula is C50H93NO5. The summed E-state index contributed by atoms with van der Waals surface area (Å²) in [7, 11) is 0. The van der Waals surface area contributed by atoms with E-state index >= 15 is 0 Å². The first kappa shape index (κ1) is 54.1. The van der Waals surface area contributed by atoms with E-state index in [1.54, 1.807) is 0 Å². The van der Waals surface area contributed by atoms with Crippen molar-refractivity contribution in [2.75, 3.05) is 6.61 Å². The molecule has 0 fully saturated rings. The van der Waals surface area contributed by atoms with Gasteiger partial charge in [-0.2, -0.15) is 0 Å². The number of rotatable bonds is 43. The lowest BCUT2D eigenvalue weighted by Crippen LogP contribution is -2.46. The van der Waals surface area contributed by atoms with E-state index in [9.17, 15) is 19.8 Å². The Balaban J connectivity index is 4.63. The minimum Gasteiger partial charge on any atom is -0.458 e. The summed E-state index contributed by atoms with van der Waals surface area (Å²) in [6.07, 6.45) is 50.9. The van der Waals surface area contributed by atoms with Gasteiger partial charge in [0.25, 0.3) is 0 Å². The number of carbonyl (C=O) groups excluding carboxylic acids is 2. The molecule has 0 saturated heterocycles. The summed E-state index contributed by atoms with van der Waals surface area (Å²) in [5.41, 5.74) is 0. The molecule has 3 unspecified atom stereocenters. The van der Waals surface area contributed by atoms with Crippen LogP contribution in [0, 0.1) is 0 Å². The van der Waals surface area contributed by atoms with Gasteiger partial charge < -0.3 is 20.3 Å². The van der Waals surface area contributed by atoms with Crippen LogP contribution < -0.4 is 5.32 Å². The van der Waals surface area contributed by atoms with Crippen LogP contribution >= 0.6 is 0 Å². The number of hydrogen-bond acceptors (Lipinski definition) is 5. The number of carbonyl (C=O) groups is 2. The van der Waals surface area contributed by atoms with Crippen LogP contribution in [0.15, 0.2) is 36.5 Å². The van der Waals surface area contributed by atoms with Crippen molar-refractivity contribution >= 4 is 11.9 Å². The first-order chi connectivity index (χ1) is 27.5. The van der Waals surface area contributed by atoms with Gasteiger partial charge >= 0.3 is 5.97 Å². The Labute approximate surface area is 347 Å². The van der Waals surface area contributed by atoms with E-state index in [0.29, 0.717) is 12.8 Å². The van der Waals surface area contributed by atoms with Crippen LogP contribution in [0.2, 0.25) is 0 Å².